The molecule has 1 aromatic carbocycles. The van der Waals surface area contributed by atoms with Crippen molar-refractivity contribution in [3.05, 3.63) is 76.3 Å². The number of ether oxygens (including phenoxy) is 2. The van der Waals surface area contributed by atoms with Crippen LogP contribution in [0.25, 0.3) is 11.1 Å². The van der Waals surface area contributed by atoms with Gasteiger partial charge in [-0.1, -0.05) is 36.4 Å². The molecule has 0 aromatic heterocycles. The van der Waals surface area contributed by atoms with E-state index in [9.17, 15) is 19.2 Å². The van der Waals surface area contributed by atoms with Crippen molar-refractivity contribution in [3.63, 3.8) is 0 Å². The number of carbonyl (C=O) groups is 4. The maximum absolute atomic E-state index is 13.3. The molecule has 8 heteroatoms. The zero-order valence-corrected chi connectivity index (χ0v) is 19.0. The topological polar surface area (TPSA) is 90.0 Å². The summed E-state index contributed by atoms with van der Waals surface area (Å²) in [5.41, 5.74) is 1.79. The summed E-state index contributed by atoms with van der Waals surface area (Å²) in [5, 5.41) is 0. The van der Waals surface area contributed by atoms with Crippen LogP contribution in [0.2, 0.25) is 0 Å². The van der Waals surface area contributed by atoms with Gasteiger partial charge in [0, 0.05) is 5.75 Å². The Balaban J connectivity index is 2.08. The molecule has 0 saturated carbocycles. The molecule has 0 spiro atoms. The highest BCUT2D eigenvalue weighted by atomic mass is 32.1. The standard InChI is InChI=1S/C25H21NO6S/c1-3-31-24(29)19-15-11-9-14(13-33)10-12-16(15)20(25(30)32-4-2)21(19)26-22(27)17-7-5-6-8-18(17)23(26)28/h5-12,33H,3-4,13H2,1-2H3. The molecule has 0 saturated heterocycles. The van der Waals surface area contributed by atoms with E-state index in [0.29, 0.717) is 16.9 Å². The number of amides is 2. The van der Waals surface area contributed by atoms with Gasteiger partial charge in [0.15, 0.2) is 0 Å². The summed E-state index contributed by atoms with van der Waals surface area (Å²) >= 11 is 4.29. The van der Waals surface area contributed by atoms with Crippen molar-refractivity contribution in [2.45, 2.75) is 19.6 Å². The van der Waals surface area contributed by atoms with Crippen molar-refractivity contribution in [2.75, 3.05) is 18.1 Å². The van der Waals surface area contributed by atoms with Crippen LogP contribution in [0.5, 0.6) is 0 Å². The van der Waals surface area contributed by atoms with Crippen molar-refractivity contribution < 1.29 is 28.7 Å². The minimum atomic E-state index is -0.747. The van der Waals surface area contributed by atoms with E-state index in [1.54, 1.807) is 50.2 Å². The lowest BCUT2D eigenvalue weighted by Gasteiger charge is -2.17. The van der Waals surface area contributed by atoms with Crippen molar-refractivity contribution in [1.82, 2.24) is 0 Å². The van der Waals surface area contributed by atoms with E-state index in [1.807, 2.05) is 0 Å². The number of benzene rings is 1. The SMILES string of the molecule is CCOC(=O)c1c2ccc(CS)ccc-2c(C(=O)OCC)c1N1C(=O)c2ccccc2C1=O. The second-order valence-electron chi connectivity index (χ2n) is 7.26. The van der Waals surface area contributed by atoms with Crippen LogP contribution in [-0.4, -0.2) is 37.0 Å². The number of hydrogen-bond donors (Lipinski definition) is 1. The molecule has 0 atom stereocenters. The average molecular weight is 464 g/mol. The summed E-state index contributed by atoms with van der Waals surface area (Å²) in [7, 11) is 0. The van der Waals surface area contributed by atoms with E-state index in [2.05, 4.69) is 12.6 Å². The zero-order chi connectivity index (χ0) is 23.7. The van der Waals surface area contributed by atoms with Crippen LogP contribution in [0.3, 0.4) is 0 Å². The first kappa shape index (κ1) is 22.5. The molecule has 0 N–H and O–H groups in total. The largest absolute Gasteiger partial charge is 0.462 e. The normalized spacial score (nSPS) is 12.8. The molecule has 0 fully saturated rings. The Morgan fingerprint density at radius 3 is 1.61 bits per heavy atom. The first-order chi connectivity index (χ1) is 15.9. The number of carbonyl (C=O) groups excluding carboxylic acids is 4. The fourth-order valence-corrected chi connectivity index (χ4v) is 4.18. The number of hydrogen-bond acceptors (Lipinski definition) is 7. The summed E-state index contributed by atoms with van der Waals surface area (Å²) in [6.45, 7) is 3.44. The van der Waals surface area contributed by atoms with Crippen LogP contribution in [-0.2, 0) is 15.2 Å². The Hall–Kier alpha value is -3.65. The fourth-order valence-electron chi connectivity index (χ4n) is 3.97. The third-order valence-corrected chi connectivity index (χ3v) is 5.76. The summed E-state index contributed by atoms with van der Waals surface area (Å²) in [5.74, 6) is -2.30. The van der Waals surface area contributed by atoms with Crippen LogP contribution in [0.4, 0.5) is 5.69 Å². The van der Waals surface area contributed by atoms with Gasteiger partial charge in [0.05, 0.1) is 41.2 Å². The second kappa shape index (κ2) is 9.07. The summed E-state index contributed by atoms with van der Waals surface area (Å²) in [6.07, 6.45) is 0. The van der Waals surface area contributed by atoms with Gasteiger partial charge in [0.2, 0.25) is 0 Å². The van der Waals surface area contributed by atoms with Crippen molar-refractivity contribution in [1.29, 1.82) is 0 Å². The average Bonchev–Trinajstić information content (AvgIpc) is 3.15. The Labute approximate surface area is 196 Å². The number of rotatable bonds is 6. The molecule has 1 aromatic rings. The van der Waals surface area contributed by atoms with Crippen LogP contribution in [0, 0.1) is 0 Å². The third kappa shape index (κ3) is 3.66. The van der Waals surface area contributed by atoms with Crippen molar-refractivity contribution in [2.24, 2.45) is 0 Å². The molecule has 4 rings (SSSR count). The molecule has 168 valence electrons. The predicted octanol–water partition coefficient (Wildman–Crippen LogP) is 4.38. The number of thiol groups is 1. The molecule has 33 heavy (non-hydrogen) atoms. The quantitative estimate of drug-likeness (QED) is 0.332. The van der Waals surface area contributed by atoms with E-state index in [1.165, 1.54) is 12.1 Å². The van der Waals surface area contributed by atoms with E-state index in [-0.39, 0.29) is 41.2 Å². The number of anilines is 1. The predicted molar refractivity (Wildman–Crippen MR) is 125 cm³/mol. The second-order valence-corrected chi connectivity index (χ2v) is 7.57. The molecular formula is C25H21NO6S. The van der Waals surface area contributed by atoms with Gasteiger partial charge < -0.3 is 9.47 Å². The first-order valence-corrected chi connectivity index (χ1v) is 11.1. The van der Waals surface area contributed by atoms with Gasteiger partial charge in [-0.3, -0.25) is 9.59 Å². The third-order valence-electron chi connectivity index (χ3n) is 5.39. The Morgan fingerprint density at radius 2 is 1.21 bits per heavy atom. The smallest absolute Gasteiger partial charge is 0.340 e. The number of imide groups is 1. The fraction of sp³-hybridized carbons (Fsp3) is 0.200. The van der Waals surface area contributed by atoms with Gasteiger partial charge in [-0.25, -0.2) is 14.5 Å². The van der Waals surface area contributed by atoms with Gasteiger partial charge in [0.1, 0.15) is 0 Å². The highest BCUT2D eigenvalue weighted by Gasteiger charge is 2.44. The Morgan fingerprint density at radius 1 is 0.758 bits per heavy atom. The van der Waals surface area contributed by atoms with Crippen LogP contribution in [0.15, 0.2) is 48.5 Å². The van der Waals surface area contributed by atoms with E-state index in [4.69, 9.17) is 9.47 Å². The minimum Gasteiger partial charge on any atom is -0.462 e. The van der Waals surface area contributed by atoms with E-state index in [0.717, 1.165) is 10.5 Å². The minimum absolute atomic E-state index is 0.0364. The molecule has 7 nitrogen and oxygen atoms in total. The molecule has 1 heterocycles. The maximum atomic E-state index is 13.3. The molecule has 0 bridgehead atoms. The number of fused-ring (bicyclic) bond motifs is 2. The maximum Gasteiger partial charge on any atom is 0.340 e. The highest BCUT2D eigenvalue weighted by Crippen LogP contribution is 2.45. The number of esters is 2. The van der Waals surface area contributed by atoms with Gasteiger partial charge in [0.25, 0.3) is 11.8 Å². The zero-order valence-electron chi connectivity index (χ0n) is 18.1. The van der Waals surface area contributed by atoms with Gasteiger partial charge in [-0.05, 0) is 42.7 Å². The summed E-state index contributed by atoms with van der Waals surface area (Å²) in [4.78, 5) is 53.8. The molecule has 1 aliphatic heterocycles. The molecule has 2 aliphatic carbocycles. The van der Waals surface area contributed by atoms with Crippen LogP contribution in [0.1, 0.15) is 60.8 Å². The Bertz CT molecular complexity index is 1180. The van der Waals surface area contributed by atoms with Crippen molar-refractivity contribution >= 4 is 42.1 Å². The van der Waals surface area contributed by atoms with E-state index >= 15 is 0 Å². The molecular weight excluding hydrogens is 442 g/mol. The summed E-state index contributed by atoms with van der Waals surface area (Å²) in [6, 6.07) is 13.2. The van der Waals surface area contributed by atoms with Gasteiger partial charge in [-0.2, -0.15) is 12.6 Å². The lowest BCUT2D eigenvalue weighted by Crippen LogP contribution is -2.32. The first-order valence-electron chi connectivity index (χ1n) is 10.5. The monoisotopic (exact) mass is 463 g/mol. The number of nitrogens with zero attached hydrogens (tertiary/aromatic N) is 1. The van der Waals surface area contributed by atoms with Crippen LogP contribution < -0.4 is 4.90 Å². The lowest BCUT2D eigenvalue weighted by atomic mass is 10.1. The Kier molecular flexibility index (Phi) is 6.20. The highest BCUT2D eigenvalue weighted by molar-refractivity contribution is 7.79. The van der Waals surface area contributed by atoms with Gasteiger partial charge in [-0.15, -0.1) is 0 Å². The van der Waals surface area contributed by atoms with Crippen molar-refractivity contribution in [3.8, 4) is 11.1 Å². The van der Waals surface area contributed by atoms with Crippen LogP contribution >= 0.6 is 12.6 Å². The van der Waals surface area contributed by atoms with E-state index < -0.39 is 23.8 Å². The molecule has 2 amide bonds. The molecule has 0 unspecified atom stereocenters. The molecule has 0 radical (unpaired) electrons. The lowest BCUT2D eigenvalue weighted by molar-refractivity contribution is 0.0525. The van der Waals surface area contributed by atoms with Gasteiger partial charge >= 0.3 is 11.9 Å². The molecule has 3 aliphatic rings. The summed E-state index contributed by atoms with van der Waals surface area (Å²) < 4.78 is 10.5.